The van der Waals surface area contributed by atoms with Crippen LogP contribution in [0, 0.1) is 0 Å². The minimum atomic E-state index is -2.58. The fourth-order valence-electron chi connectivity index (χ4n) is 1.68. The molecule has 0 fully saturated rings. The summed E-state index contributed by atoms with van der Waals surface area (Å²) in [6, 6.07) is 4.08. The molecular weight excluding hydrogens is 296 g/mol. The van der Waals surface area contributed by atoms with Gasteiger partial charge in [0.1, 0.15) is 11.6 Å². The normalized spacial score (nSPS) is 12.8. The molecule has 1 amide bonds. The molecule has 0 bridgehead atoms. The lowest BCUT2D eigenvalue weighted by Gasteiger charge is -2.22. The molecule has 1 rings (SSSR count). The van der Waals surface area contributed by atoms with E-state index in [2.05, 4.69) is 5.32 Å². The average Bonchev–Trinajstić information content (AvgIpc) is 2.36. The van der Waals surface area contributed by atoms with Crippen LogP contribution in [-0.4, -0.2) is 28.8 Å². The van der Waals surface area contributed by atoms with Crippen LogP contribution in [0.1, 0.15) is 38.3 Å². The van der Waals surface area contributed by atoms with Crippen molar-refractivity contribution >= 4 is 12.1 Å². The second-order valence-electron chi connectivity index (χ2n) is 5.78. The minimum absolute atomic E-state index is 0.0297. The molecule has 1 aromatic rings. The predicted molar refractivity (Wildman–Crippen MR) is 75.9 cm³/mol. The number of ether oxygens (including phenoxy) is 1. The van der Waals surface area contributed by atoms with E-state index in [0.717, 1.165) is 0 Å². The molecule has 1 atom stereocenters. The molecule has 0 unspecified atom stereocenters. The highest BCUT2D eigenvalue weighted by Gasteiger charge is 2.24. The van der Waals surface area contributed by atoms with Crippen molar-refractivity contribution in [1.82, 2.24) is 5.32 Å². The Morgan fingerprint density at radius 1 is 1.23 bits per heavy atom. The number of alkyl carbamates (subject to hydrolysis) is 1. The summed E-state index contributed by atoms with van der Waals surface area (Å²) in [4.78, 5) is 22.8. The minimum Gasteiger partial charge on any atom is -0.480 e. The highest BCUT2D eigenvalue weighted by atomic mass is 19.3. The van der Waals surface area contributed by atoms with E-state index in [1.807, 2.05) is 0 Å². The van der Waals surface area contributed by atoms with E-state index in [-0.39, 0.29) is 12.0 Å². The number of rotatable bonds is 5. The SMILES string of the molecule is CC(C)(C)OC(=O)N[C@@H](Cc1ccc(C(F)F)cc1)C(=O)O. The van der Waals surface area contributed by atoms with Gasteiger partial charge in [-0.15, -0.1) is 0 Å². The third kappa shape index (κ3) is 6.07. The summed E-state index contributed by atoms with van der Waals surface area (Å²) in [5.41, 5.74) is -0.366. The maximum atomic E-state index is 12.5. The molecule has 22 heavy (non-hydrogen) atoms. The Balaban J connectivity index is 2.72. The van der Waals surface area contributed by atoms with Crippen LogP contribution in [0.4, 0.5) is 13.6 Å². The van der Waals surface area contributed by atoms with Gasteiger partial charge < -0.3 is 15.2 Å². The van der Waals surface area contributed by atoms with Crippen LogP contribution in [0.3, 0.4) is 0 Å². The van der Waals surface area contributed by atoms with Gasteiger partial charge in [-0.1, -0.05) is 24.3 Å². The van der Waals surface area contributed by atoms with Crippen LogP contribution in [0.15, 0.2) is 24.3 Å². The van der Waals surface area contributed by atoms with Crippen LogP contribution >= 0.6 is 0 Å². The first-order valence-electron chi connectivity index (χ1n) is 6.68. The summed E-state index contributed by atoms with van der Waals surface area (Å²) in [5, 5.41) is 11.4. The number of benzene rings is 1. The maximum Gasteiger partial charge on any atom is 0.408 e. The van der Waals surface area contributed by atoms with Gasteiger partial charge in [-0.2, -0.15) is 0 Å². The maximum absolute atomic E-state index is 12.5. The first kappa shape index (κ1) is 17.9. The highest BCUT2D eigenvalue weighted by molar-refractivity contribution is 5.80. The first-order chi connectivity index (χ1) is 10.1. The van der Waals surface area contributed by atoms with Crippen molar-refractivity contribution in [3.8, 4) is 0 Å². The Labute approximate surface area is 127 Å². The second kappa shape index (κ2) is 7.20. The first-order valence-corrected chi connectivity index (χ1v) is 6.68. The number of hydrogen-bond acceptors (Lipinski definition) is 3. The number of carboxylic acid groups (broad SMARTS) is 1. The van der Waals surface area contributed by atoms with E-state index in [4.69, 9.17) is 9.84 Å². The lowest BCUT2D eigenvalue weighted by atomic mass is 10.0. The molecule has 0 aromatic heterocycles. The van der Waals surface area contributed by atoms with E-state index in [9.17, 15) is 18.4 Å². The van der Waals surface area contributed by atoms with Crippen molar-refractivity contribution in [3.63, 3.8) is 0 Å². The summed E-state index contributed by atoms with van der Waals surface area (Å²) in [7, 11) is 0. The number of carbonyl (C=O) groups is 2. The molecule has 122 valence electrons. The van der Waals surface area contributed by atoms with Crippen LogP contribution in [0.5, 0.6) is 0 Å². The molecular formula is C15H19F2NO4. The van der Waals surface area contributed by atoms with E-state index >= 15 is 0 Å². The summed E-state index contributed by atoms with van der Waals surface area (Å²) < 4.78 is 29.9. The Bertz CT molecular complexity index is 523. The zero-order valence-electron chi connectivity index (χ0n) is 12.6. The van der Waals surface area contributed by atoms with Gasteiger partial charge in [0.25, 0.3) is 6.43 Å². The molecule has 7 heteroatoms. The van der Waals surface area contributed by atoms with Crippen molar-refractivity contribution in [3.05, 3.63) is 35.4 Å². The summed E-state index contributed by atoms with van der Waals surface area (Å²) >= 11 is 0. The van der Waals surface area contributed by atoms with Crippen molar-refractivity contribution in [2.75, 3.05) is 0 Å². The summed E-state index contributed by atoms with van der Waals surface area (Å²) in [6.45, 7) is 4.97. The number of amides is 1. The van der Waals surface area contributed by atoms with Crippen molar-refractivity contribution in [1.29, 1.82) is 0 Å². The zero-order valence-corrected chi connectivity index (χ0v) is 12.6. The number of carboxylic acids is 1. The summed E-state index contributed by atoms with van der Waals surface area (Å²) in [5.74, 6) is -1.23. The molecule has 0 saturated heterocycles. The fourth-order valence-corrected chi connectivity index (χ4v) is 1.68. The monoisotopic (exact) mass is 315 g/mol. The van der Waals surface area contributed by atoms with Gasteiger partial charge in [0.05, 0.1) is 0 Å². The van der Waals surface area contributed by atoms with E-state index in [1.165, 1.54) is 24.3 Å². The molecule has 0 spiro atoms. The Kier molecular flexibility index (Phi) is 5.84. The van der Waals surface area contributed by atoms with E-state index in [0.29, 0.717) is 5.56 Å². The number of halogens is 2. The Morgan fingerprint density at radius 2 is 1.77 bits per heavy atom. The van der Waals surface area contributed by atoms with Gasteiger partial charge in [0.15, 0.2) is 0 Å². The van der Waals surface area contributed by atoms with E-state index < -0.39 is 30.1 Å². The largest absolute Gasteiger partial charge is 0.480 e. The molecule has 0 aliphatic rings. The number of alkyl halides is 2. The quantitative estimate of drug-likeness (QED) is 0.875. The van der Waals surface area contributed by atoms with E-state index in [1.54, 1.807) is 20.8 Å². The van der Waals surface area contributed by atoms with Crippen LogP contribution in [-0.2, 0) is 16.0 Å². The smallest absolute Gasteiger partial charge is 0.408 e. The van der Waals surface area contributed by atoms with Crippen LogP contribution < -0.4 is 5.32 Å². The molecule has 0 radical (unpaired) electrons. The van der Waals surface area contributed by atoms with Gasteiger partial charge in [-0.3, -0.25) is 0 Å². The van der Waals surface area contributed by atoms with Gasteiger partial charge >= 0.3 is 12.1 Å². The molecule has 1 aromatic carbocycles. The van der Waals surface area contributed by atoms with Gasteiger partial charge in [-0.05, 0) is 26.3 Å². The zero-order chi connectivity index (χ0) is 16.9. The molecule has 0 aliphatic carbocycles. The predicted octanol–water partition coefficient (Wildman–Crippen LogP) is 3.14. The lowest BCUT2D eigenvalue weighted by Crippen LogP contribution is -2.44. The number of nitrogens with one attached hydrogen (secondary N) is 1. The molecule has 5 nitrogen and oxygen atoms in total. The van der Waals surface area contributed by atoms with Crippen LogP contribution in [0.25, 0.3) is 0 Å². The number of aliphatic carboxylic acids is 1. The fraction of sp³-hybridized carbons (Fsp3) is 0.467. The molecule has 2 N–H and O–H groups in total. The third-order valence-electron chi connectivity index (χ3n) is 2.66. The van der Waals surface area contributed by atoms with Gasteiger partial charge in [-0.25, -0.2) is 18.4 Å². The number of carbonyl (C=O) groups excluding carboxylic acids is 1. The van der Waals surface area contributed by atoms with Crippen LogP contribution in [0.2, 0.25) is 0 Å². The Hall–Kier alpha value is -2.18. The summed E-state index contributed by atoms with van der Waals surface area (Å²) in [6.07, 6.45) is -3.45. The topological polar surface area (TPSA) is 75.6 Å². The lowest BCUT2D eigenvalue weighted by molar-refractivity contribution is -0.139. The van der Waals surface area contributed by atoms with Crippen molar-refractivity contribution < 1.29 is 28.2 Å². The van der Waals surface area contributed by atoms with Crippen molar-refractivity contribution in [2.45, 2.75) is 45.3 Å². The van der Waals surface area contributed by atoms with Crippen molar-refractivity contribution in [2.24, 2.45) is 0 Å². The second-order valence-corrected chi connectivity index (χ2v) is 5.78. The standard InChI is InChI=1S/C15H19F2NO4/c1-15(2,3)22-14(21)18-11(13(19)20)8-9-4-6-10(7-5-9)12(16)17/h4-7,11-12H,8H2,1-3H3,(H,18,21)(H,19,20)/t11-/m0/s1. The third-order valence-corrected chi connectivity index (χ3v) is 2.66. The molecule has 0 heterocycles. The Morgan fingerprint density at radius 3 is 2.18 bits per heavy atom. The number of hydrogen-bond donors (Lipinski definition) is 2. The van der Waals surface area contributed by atoms with Gasteiger partial charge in [0, 0.05) is 12.0 Å². The molecule has 0 saturated carbocycles. The average molecular weight is 315 g/mol. The highest BCUT2D eigenvalue weighted by Crippen LogP contribution is 2.19. The molecule has 0 aliphatic heterocycles. The van der Waals surface area contributed by atoms with Gasteiger partial charge in [0.2, 0.25) is 0 Å².